The van der Waals surface area contributed by atoms with Crippen LogP contribution in [0.3, 0.4) is 0 Å². The average molecular weight is 246 g/mol. The lowest BCUT2D eigenvalue weighted by Gasteiger charge is -2.26. The Morgan fingerprint density at radius 1 is 1.33 bits per heavy atom. The fourth-order valence-corrected chi connectivity index (χ4v) is 2.90. The summed E-state index contributed by atoms with van der Waals surface area (Å²) in [5.41, 5.74) is 7.54. The predicted molar refractivity (Wildman–Crippen MR) is 77.3 cm³/mol. The molecule has 1 aliphatic rings. The van der Waals surface area contributed by atoms with Gasteiger partial charge in [0.2, 0.25) is 0 Å². The molecule has 3 unspecified atom stereocenters. The van der Waals surface area contributed by atoms with Crippen molar-refractivity contribution in [3.63, 3.8) is 0 Å². The zero-order valence-electron chi connectivity index (χ0n) is 11.7. The second-order valence-corrected chi connectivity index (χ2v) is 5.97. The van der Waals surface area contributed by atoms with Gasteiger partial charge in [-0.15, -0.1) is 0 Å². The van der Waals surface area contributed by atoms with Gasteiger partial charge in [-0.05, 0) is 43.7 Å². The maximum absolute atomic E-state index is 6.13. The largest absolute Gasteiger partial charge is 0.328 e. The maximum Gasteiger partial charge on any atom is 0.0233 e. The van der Waals surface area contributed by atoms with E-state index in [0.717, 1.165) is 19.0 Å². The molecule has 2 nitrogen and oxygen atoms in total. The van der Waals surface area contributed by atoms with Crippen molar-refractivity contribution in [2.24, 2.45) is 17.6 Å². The number of nitrogens with zero attached hydrogens (tertiary/aromatic N) is 1. The van der Waals surface area contributed by atoms with Gasteiger partial charge in [-0.3, -0.25) is 4.90 Å². The van der Waals surface area contributed by atoms with Gasteiger partial charge in [0.25, 0.3) is 0 Å². The predicted octanol–water partition coefficient (Wildman–Crippen LogP) is 2.88. The smallest absolute Gasteiger partial charge is 0.0233 e. The molecule has 1 aromatic rings. The number of likely N-dealkylation sites (tertiary alicyclic amines) is 1. The van der Waals surface area contributed by atoms with Gasteiger partial charge in [-0.25, -0.2) is 0 Å². The Bertz CT molecular complexity index is 347. The highest BCUT2D eigenvalue weighted by atomic mass is 15.1. The Morgan fingerprint density at radius 3 is 2.72 bits per heavy atom. The van der Waals surface area contributed by atoms with E-state index in [4.69, 9.17) is 5.73 Å². The Labute approximate surface area is 111 Å². The Hall–Kier alpha value is -0.860. The first kappa shape index (κ1) is 13.6. The molecule has 0 bridgehead atoms. The van der Waals surface area contributed by atoms with E-state index in [1.807, 2.05) is 0 Å². The van der Waals surface area contributed by atoms with Crippen molar-refractivity contribution in [3.8, 4) is 0 Å². The summed E-state index contributed by atoms with van der Waals surface area (Å²) < 4.78 is 0. The second kappa shape index (κ2) is 6.35. The summed E-state index contributed by atoms with van der Waals surface area (Å²) in [7, 11) is 0. The normalized spacial score (nSPS) is 27.7. The molecule has 1 aliphatic heterocycles. The minimum Gasteiger partial charge on any atom is -0.328 e. The molecule has 1 heterocycles. The highest BCUT2D eigenvalue weighted by Crippen LogP contribution is 2.24. The molecule has 2 rings (SSSR count). The molecule has 0 saturated carbocycles. The van der Waals surface area contributed by atoms with Gasteiger partial charge in [0, 0.05) is 19.1 Å². The first-order valence-electron chi connectivity index (χ1n) is 7.17. The lowest BCUT2D eigenvalue weighted by atomic mass is 9.91. The molecule has 3 atom stereocenters. The van der Waals surface area contributed by atoms with Crippen LogP contribution < -0.4 is 5.73 Å². The number of hydrogen-bond donors (Lipinski definition) is 1. The highest BCUT2D eigenvalue weighted by molar-refractivity contribution is 5.14. The van der Waals surface area contributed by atoms with Crippen molar-refractivity contribution in [1.29, 1.82) is 0 Å². The SMILES string of the molecule is CC1CCN(Cc2ccccc2)CC(C(C)N)C1. The zero-order valence-corrected chi connectivity index (χ0v) is 11.7. The first-order chi connectivity index (χ1) is 8.65. The zero-order chi connectivity index (χ0) is 13.0. The molecule has 0 radical (unpaired) electrons. The van der Waals surface area contributed by atoms with Gasteiger partial charge in [0.1, 0.15) is 0 Å². The highest BCUT2D eigenvalue weighted by Gasteiger charge is 2.24. The Morgan fingerprint density at radius 2 is 2.06 bits per heavy atom. The van der Waals surface area contributed by atoms with Crippen LogP contribution in [-0.2, 0) is 6.54 Å². The van der Waals surface area contributed by atoms with E-state index in [0.29, 0.717) is 12.0 Å². The van der Waals surface area contributed by atoms with Crippen molar-refractivity contribution < 1.29 is 0 Å². The maximum atomic E-state index is 6.13. The molecule has 2 N–H and O–H groups in total. The van der Waals surface area contributed by atoms with E-state index in [1.54, 1.807) is 0 Å². The molecule has 0 amide bonds. The number of hydrogen-bond acceptors (Lipinski definition) is 2. The molecule has 100 valence electrons. The molecule has 0 spiro atoms. The quantitative estimate of drug-likeness (QED) is 0.888. The molecule has 1 aromatic carbocycles. The molecule has 0 aromatic heterocycles. The third-order valence-electron chi connectivity index (χ3n) is 4.13. The van der Waals surface area contributed by atoms with Crippen molar-refractivity contribution in [1.82, 2.24) is 4.90 Å². The van der Waals surface area contributed by atoms with Gasteiger partial charge in [0.05, 0.1) is 0 Å². The molecule has 2 heteroatoms. The van der Waals surface area contributed by atoms with E-state index >= 15 is 0 Å². The number of benzene rings is 1. The molecule has 1 saturated heterocycles. The average Bonchev–Trinajstić information content (AvgIpc) is 2.53. The fraction of sp³-hybridized carbons (Fsp3) is 0.625. The molecule has 18 heavy (non-hydrogen) atoms. The van der Waals surface area contributed by atoms with Crippen LogP contribution in [0, 0.1) is 11.8 Å². The molecule has 1 fully saturated rings. The van der Waals surface area contributed by atoms with E-state index < -0.39 is 0 Å². The topological polar surface area (TPSA) is 29.3 Å². The van der Waals surface area contributed by atoms with Crippen LogP contribution >= 0.6 is 0 Å². The van der Waals surface area contributed by atoms with E-state index in [1.165, 1.54) is 24.9 Å². The van der Waals surface area contributed by atoms with Gasteiger partial charge >= 0.3 is 0 Å². The number of rotatable bonds is 3. The number of nitrogens with two attached hydrogens (primary N) is 1. The van der Waals surface area contributed by atoms with Crippen LogP contribution in [0.4, 0.5) is 0 Å². The Kier molecular flexibility index (Phi) is 4.79. The van der Waals surface area contributed by atoms with Crippen LogP contribution in [0.15, 0.2) is 30.3 Å². The Balaban J connectivity index is 1.99. The fourth-order valence-electron chi connectivity index (χ4n) is 2.90. The summed E-state index contributed by atoms with van der Waals surface area (Å²) in [4.78, 5) is 2.58. The molecule has 0 aliphatic carbocycles. The summed E-state index contributed by atoms with van der Waals surface area (Å²) in [6.45, 7) is 7.94. The van der Waals surface area contributed by atoms with Gasteiger partial charge in [-0.2, -0.15) is 0 Å². The van der Waals surface area contributed by atoms with Gasteiger partial charge < -0.3 is 5.73 Å². The van der Waals surface area contributed by atoms with Crippen molar-refractivity contribution >= 4 is 0 Å². The van der Waals surface area contributed by atoms with Crippen molar-refractivity contribution in [2.75, 3.05) is 13.1 Å². The summed E-state index contributed by atoms with van der Waals surface area (Å²) in [6.07, 6.45) is 2.58. The second-order valence-electron chi connectivity index (χ2n) is 5.97. The van der Waals surface area contributed by atoms with E-state index in [9.17, 15) is 0 Å². The van der Waals surface area contributed by atoms with Crippen LogP contribution in [0.2, 0.25) is 0 Å². The van der Waals surface area contributed by atoms with E-state index in [-0.39, 0.29) is 0 Å². The lowest BCUT2D eigenvalue weighted by molar-refractivity contribution is 0.227. The third kappa shape index (κ3) is 3.82. The first-order valence-corrected chi connectivity index (χ1v) is 7.17. The molecular weight excluding hydrogens is 220 g/mol. The monoisotopic (exact) mass is 246 g/mol. The summed E-state index contributed by atoms with van der Waals surface area (Å²) in [6, 6.07) is 11.1. The summed E-state index contributed by atoms with van der Waals surface area (Å²) >= 11 is 0. The minimum absolute atomic E-state index is 0.309. The van der Waals surface area contributed by atoms with Crippen LogP contribution in [0.1, 0.15) is 32.3 Å². The van der Waals surface area contributed by atoms with Crippen LogP contribution in [-0.4, -0.2) is 24.0 Å². The summed E-state index contributed by atoms with van der Waals surface area (Å²) in [5.74, 6) is 1.45. The lowest BCUT2D eigenvalue weighted by Crippen LogP contribution is -2.36. The van der Waals surface area contributed by atoms with Crippen molar-refractivity contribution in [2.45, 2.75) is 39.3 Å². The molecular formula is C16H26N2. The van der Waals surface area contributed by atoms with Gasteiger partial charge in [-0.1, -0.05) is 37.3 Å². The summed E-state index contributed by atoms with van der Waals surface area (Å²) in [5, 5.41) is 0. The minimum atomic E-state index is 0.309. The van der Waals surface area contributed by atoms with Crippen LogP contribution in [0.5, 0.6) is 0 Å². The van der Waals surface area contributed by atoms with E-state index in [2.05, 4.69) is 49.1 Å². The van der Waals surface area contributed by atoms with Crippen molar-refractivity contribution in [3.05, 3.63) is 35.9 Å². The van der Waals surface area contributed by atoms with Crippen LogP contribution in [0.25, 0.3) is 0 Å². The van der Waals surface area contributed by atoms with Gasteiger partial charge in [0.15, 0.2) is 0 Å². The standard InChI is InChI=1S/C16H26N2/c1-13-8-9-18(12-16(10-13)14(2)17)11-15-6-4-3-5-7-15/h3-7,13-14,16H,8-12,17H2,1-2H3. The third-order valence-corrected chi connectivity index (χ3v) is 4.13.